The Hall–Kier alpha value is -1.35. The molecule has 1 saturated carbocycles. The summed E-state index contributed by atoms with van der Waals surface area (Å²) in [5.74, 6) is 1.52. The van der Waals surface area contributed by atoms with Crippen molar-refractivity contribution in [3.63, 3.8) is 0 Å². The van der Waals surface area contributed by atoms with Gasteiger partial charge in [-0.05, 0) is 30.4 Å². The third-order valence-electron chi connectivity index (χ3n) is 4.33. The molecule has 1 heterocycles. The number of benzene rings is 1. The highest BCUT2D eigenvalue weighted by Gasteiger charge is 2.26. The van der Waals surface area contributed by atoms with Crippen LogP contribution in [0.3, 0.4) is 0 Å². The van der Waals surface area contributed by atoms with Crippen molar-refractivity contribution in [3.8, 4) is 11.4 Å². The highest BCUT2D eigenvalue weighted by Crippen LogP contribution is 2.36. The second kappa shape index (κ2) is 5.96. The highest BCUT2D eigenvalue weighted by molar-refractivity contribution is 6.28. The van der Waals surface area contributed by atoms with Crippen LogP contribution in [0.1, 0.15) is 45.1 Å². The molecule has 0 bridgehead atoms. The Balaban J connectivity index is 2.02. The molecule has 2 unspecified atom stereocenters. The first kappa shape index (κ1) is 13.6. The number of nitrogens with zero attached hydrogens (tertiary/aromatic N) is 3. The molecule has 0 amide bonds. The Labute approximate surface area is 125 Å². The topological polar surface area (TPSA) is 30.7 Å². The molecule has 1 aliphatic carbocycles. The number of hydrogen-bond acceptors (Lipinski definition) is 2. The first-order valence-electron chi connectivity index (χ1n) is 7.43. The zero-order valence-electron chi connectivity index (χ0n) is 11.8. The second-order valence-corrected chi connectivity index (χ2v) is 6.05. The van der Waals surface area contributed by atoms with Gasteiger partial charge in [0.15, 0.2) is 5.82 Å². The van der Waals surface area contributed by atoms with E-state index in [2.05, 4.69) is 33.8 Å². The van der Waals surface area contributed by atoms with Crippen molar-refractivity contribution in [3.05, 3.63) is 35.6 Å². The van der Waals surface area contributed by atoms with Gasteiger partial charge in [-0.1, -0.05) is 56.5 Å². The zero-order valence-corrected chi connectivity index (χ0v) is 12.6. The molecule has 0 radical (unpaired) electrons. The van der Waals surface area contributed by atoms with Crippen LogP contribution in [0.5, 0.6) is 0 Å². The lowest BCUT2D eigenvalue weighted by Crippen LogP contribution is -2.17. The highest BCUT2D eigenvalue weighted by atomic mass is 35.5. The minimum atomic E-state index is 0.412. The van der Waals surface area contributed by atoms with E-state index in [0.29, 0.717) is 17.2 Å². The van der Waals surface area contributed by atoms with Crippen molar-refractivity contribution in [2.24, 2.45) is 5.92 Å². The Morgan fingerprint density at radius 1 is 1.05 bits per heavy atom. The van der Waals surface area contributed by atoms with Crippen LogP contribution in [0.2, 0.25) is 5.28 Å². The van der Waals surface area contributed by atoms with Crippen LogP contribution >= 0.6 is 11.6 Å². The predicted molar refractivity (Wildman–Crippen MR) is 81.8 cm³/mol. The molecule has 1 aromatic heterocycles. The summed E-state index contributed by atoms with van der Waals surface area (Å²) in [5.41, 5.74) is 1.09. The molecule has 1 fully saturated rings. The van der Waals surface area contributed by atoms with Gasteiger partial charge in [-0.3, -0.25) is 4.57 Å². The number of halogens is 1. The van der Waals surface area contributed by atoms with Gasteiger partial charge in [0, 0.05) is 11.6 Å². The maximum Gasteiger partial charge on any atom is 0.225 e. The van der Waals surface area contributed by atoms with Crippen LogP contribution in [0.25, 0.3) is 11.4 Å². The number of aromatic nitrogens is 3. The Bertz CT molecular complexity index is 564. The van der Waals surface area contributed by atoms with E-state index < -0.39 is 0 Å². The molecule has 0 spiro atoms. The van der Waals surface area contributed by atoms with E-state index in [-0.39, 0.29) is 0 Å². The van der Waals surface area contributed by atoms with Gasteiger partial charge in [-0.25, -0.2) is 0 Å². The molecular formula is C16H20ClN3. The van der Waals surface area contributed by atoms with Crippen molar-refractivity contribution in [1.29, 1.82) is 0 Å². The third kappa shape index (κ3) is 2.59. The average Bonchev–Trinajstić information content (AvgIpc) is 2.72. The smallest absolute Gasteiger partial charge is 0.225 e. The fraction of sp³-hybridized carbons (Fsp3) is 0.500. The summed E-state index contributed by atoms with van der Waals surface area (Å²) >= 11 is 6.34. The predicted octanol–water partition coefficient (Wildman–Crippen LogP) is 4.74. The van der Waals surface area contributed by atoms with Gasteiger partial charge < -0.3 is 0 Å². The summed E-state index contributed by atoms with van der Waals surface area (Å²) in [5, 5.41) is 8.94. The molecule has 0 aliphatic heterocycles. The molecule has 2 aromatic rings. The molecule has 106 valence electrons. The third-order valence-corrected chi connectivity index (χ3v) is 4.59. The van der Waals surface area contributed by atoms with Gasteiger partial charge in [-0.15, -0.1) is 10.2 Å². The van der Waals surface area contributed by atoms with Crippen molar-refractivity contribution in [1.82, 2.24) is 14.8 Å². The monoisotopic (exact) mass is 289 g/mol. The first-order valence-corrected chi connectivity index (χ1v) is 7.81. The molecule has 0 saturated heterocycles. The van der Waals surface area contributed by atoms with Crippen LogP contribution in [-0.2, 0) is 0 Å². The van der Waals surface area contributed by atoms with E-state index in [9.17, 15) is 0 Å². The normalized spacial score (nSPS) is 23.5. The lowest BCUT2D eigenvalue weighted by Gasteiger charge is -2.24. The maximum absolute atomic E-state index is 6.34. The summed E-state index contributed by atoms with van der Waals surface area (Å²) in [7, 11) is 0. The summed E-state index contributed by atoms with van der Waals surface area (Å²) in [4.78, 5) is 0. The molecule has 1 aliphatic rings. The molecule has 3 nitrogen and oxygen atoms in total. The molecule has 2 atom stereocenters. The van der Waals surface area contributed by atoms with Crippen molar-refractivity contribution >= 4 is 11.6 Å². The van der Waals surface area contributed by atoms with E-state index in [1.54, 1.807) is 0 Å². The summed E-state index contributed by atoms with van der Waals surface area (Å²) in [6.07, 6.45) is 6.32. The molecule has 1 aromatic carbocycles. The summed E-state index contributed by atoms with van der Waals surface area (Å²) in [6, 6.07) is 10.6. The molecule has 4 heteroatoms. The van der Waals surface area contributed by atoms with Gasteiger partial charge in [0.1, 0.15) is 0 Å². The zero-order chi connectivity index (χ0) is 13.9. The molecule has 20 heavy (non-hydrogen) atoms. The second-order valence-electron chi connectivity index (χ2n) is 5.71. The summed E-state index contributed by atoms with van der Waals surface area (Å²) < 4.78 is 2.15. The number of rotatable bonds is 2. The fourth-order valence-electron chi connectivity index (χ4n) is 3.21. The largest absolute Gasteiger partial charge is 0.294 e. The minimum absolute atomic E-state index is 0.412. The van der Waals surface area contributed by atoms with Crippen LogP contribution in [0, 0.1) is 5.92 Å². The first-order chi connectivity index (χ1) is 9.77. The van der Waals surface area contributed by atoms with E-state index in [4.69, 9.17) is 11.6 Å². The quantitative estimate of drug-likeness (QED) is 0.748. The van der Waals surface area contributed by atoms with Crippen LogP contribution in [0.15, 0.2) is 30.3 Å². The van der Waals surface area contributed by atoms with Crippen LogP contribution in [-0.4, -0.2) is 14.8 Å². The number of hydrogen-bond donors (Lipinski definition) is 0. The molecule has 0 N–H and O–H groups in total. The van der Waals surface area contributed by atoms with Crippen molar-refractivity contribution < 1.29 is 0 Å². The summed E-state index contributed by atoms with van der Waals surface area (Å²) in [6.45, 7) is 2.32. The standard InChI is InChI=1S/C16H20ClN3/c1-12-8-4-2-7-11-14(12)20-15(18-19-16(20)17)13-9-5-3-6-10-13/h3,5-6,9-10,12,14H,2,4,7-8,11H2,1H3. The Morgan fingerprint density at radius 2 is 1.80 bits per heavy atom. The Morgan fingerprint density at radius 3 is 2.60 bits per heavy atom. The van der Waals surface area contributed by atoms with Gasteiger partial charge >= 0.3 is 0 Å². The van der Waals surface area contributed by atoms with E-state index >= 15 is 0 Å². The Kier molecular flexibility index (Phi) is 4.06. The fourth-order valence-corrected chi connectivity index (χ4v) is 3.45. The average molecular weight is 290 g/mol. The van der Waals surface area contributed by atoms with Gasteiger partial charge in [-0.2, -0.15) is 0 Å². The van der Waals surface area contributed by atoms with Crippen molar-refractivity contribution in [2.75, 3.05) is 0 Å². The SMILES string of the molecule is CC1CCCCCC1n1c(Cl)nnc1-c1ccccc1. The minimum Gasteiger partial charge on any atom is -0.294 e. The van der Waals surface area contributed by atoms with E-state index in [0.717, 1.165) is 11.4 Å². The lowest BCUT2D eigenvalue weighted by molar-refractivity contribution is 0.336. The van der Waals surface area contributed by atoms with E-state index in [1.807, 2.05) is 18.2 Å². The van der Waals surface area contributed by atoms with Gasteiger partial charge in [0.05, 0.1) is 0 Å². The van der Waals surface area contributed by atoms with Crippen molar-refractivity contribution in [2.45, 2.75) is 45.1 Å². The molecular weight excluding hydrogens is 270 g/mol. The van der Waals surface area contributed by atoms with Crippen LogP contribution in [0.4, 0.5) is 0 Å². The van der Waals surface area contributed by atoms with Gasteiger partial charge in [0.25, 0.3) is 0 Å². The van der Waals surface area contributed by atoms with Crippen LogP contribution < -0.4 is 0 Å². The lowest BCUT2D eigenvalue weighted by atomic mass is 9.96. The van der Waals surface area contributed by atoms with E-state index in [1.165, 1.54) is 32.1 Å². The van der Waals surface area contributed by atoms with Gasteiger partial charge in [0.2, 0.25) is 5.28 Å². The molecule has 3 rings (SSSR count). The maximum atomic E-state index is 6.34.